The maximum atomic E-state index is 12.2. The second-order valence-corrected chi connectivity index (χ2v) is 7.19. The minimum atomic E-state index is 0.0554. The molecular formula is C17H23N3O2S. The number of thiophene rings is 1. The largest absolute Gasteiger partial charge is 0.352 e. The van der Waals surface area contributed by atoms with Crippen LogP contribution in [0.25, 0.3) is 6.08 Å². The zero-order valence-electron chi connectivity index (χ0n) is 13.5. The molecule has 2 fully saturated rings. The van der Waals surface area contributed by atoms with E-state index in [4.69, 9.17) is 0 Å². The van der Waals surface area contributed by atoms with Gasteiger partial charge in [-0.15, -0.1) is 11.3 Å². The first-order valence-corrected chi connectivity index (χ1v) is 9.02. The number of carbonyl (C=O) groups excluding carboxylic acids is 2. The third-order valence-corrected chi connectivity index (χ3v) is 5.26. The Morgan fingerprint density at radius 2 is 2.04 bits per heavy atom. The number of hydrogen-bond donors (Lipinski definition) is 1. The molecule has 0 radical (unpaired) electrons. The summed E-state index contributed by atoms with van der Waals surface area (Å²) in [6, 6.07) is 2.47. The van der Waals surface area contributed by atoms with Crippen LogP contribution in [-0.2, 0) is 9.59 Å². The summed E-state index contributed by atoms with van der Waals surface area (Å²) in [5.41, 5.74) is 1.20. The summed E-state index contributed by atoms with van der Waals surface area (Å²) in [6.07, 6.45) is 5.79. The van der Waals surface area contributed by atoms with Crippen LogP contribution in [0.2, 0.25) is 0 Å². The number of carbonyl (C=O) groups is 2. The molecule has 0 atom stereocenters. The van der Waals surface area contributed by atoms with Crippen LogP contribution < -0.4 is 5.32 Å². The van der Waals surface area contributed by atoms with Crippen LogP contribution in [0.4, 0.5) is 0 Å². The van der Waals surface area contributed by atoms with Crippen LogP contribution in [-0.4, -0.2) is 60.4 Å². The van der Waals surface area contributed by atoms with Gasteiger partial charge in [0.15, 0.2) is 0 Å². The van der Waals surface area contributed by atoms with Crippen LogP contribution >= 0.6 is 11.3 Å². The van der Waals surface area contributed by atoms with Crippen molar-refractivity contribution < 1.29 is 9.59 Å². The summed E-state index contributed by atoms with van der Waals surface area (Å²) in [6.45, 7) is 5.38. The Morgan fingerprint density at radius 3 is 2.65 bits per heavy atom. The highest BCUT2D eigenvalue weighted by atomic mass is 32.1. The molecule has 23 heavy (non-hydrogen) atoms. The second-order valence-electron chi connectivity index (χ2n) is 6.24. The van der Waals surface area contributed by atoms with Crippen molar-refractivity contribution in [2.75, 3.05) is 32.7 Å². The number of amides is 2. The highest BCUT2D eigenvalue weighted by Crippen LogP contribution is 2.18. The van der Waals surface area contributed by atoms with Gasteiger partial charge in [-0.05, 0) is 42.9 Å². The smallest absolute Gasteiger partial charge is 0.246 e. The van der Waals surface area contributed by atoms with E-state index in [9.17, 15) is 9.59 Å². The van der Waals surface area contributed by atoms with E-state index in [2.05, 4.69) is 16.3 Å². The van der Waals surface area contributed by atoms with Crippen molar-refractivity contribution in [3.8, 4) is 0 Å². The van der Waals surface area contributed by atoms with Gasteiger partial charge in [-0.2, -0.15) is 0 Å². The molecule has 1 aliphatic carbocycles. The van der Waals surface area contributed by atoms with Crippen LogP contribution in [0.15, 0.2) is 17.5 Å². The molecule has 0 aromatic carbocycles. The number of hydrogen-bond acceptors (Lipinski definition) is 4. The van der Waals surface area contributed by atoms with Gasteiger partial charge in [0.05, 0.1) is 6.54 Å². The van der Waals surface area contributed by atoms with Gasteiger partial charge >= 0.3 is 0 Å². The molecule has 1 aromatic heterocycles. The lowest BCUT2D eigenvalue weighted by Crippen LogP contribution is -2.51. The molecule has 5 nitrogen and oxygen atoms in total. The molecule has 0 spiro atoms. The van der Waals surface area contributed by atoms with Crippen molar-refractivity contribution in [3.63, 3.8) is 0 Å². The minimum absolute atomic E-state index is 0.0554. The van der Waals surface area contributed by atoms with Crippen molar-refractivity contribution in [3.05, 3.63) is 28.0 Å². The zero-order chi connectivity index (χ0) is 16.2. The monoisotopic (exact) mass is 333 g/mol. The van der Waals surface area contributed by atoms with E-state index in [-0.39, 0.29) is 11.8 Å². The number of nitrogens with one attached hydrogen (secondary N) is 1. The van der Waals surface area contributed by atoms with Gasteiger partial charge in [-0.25, -0.2) is 0 Å². The van der Waals surface area contributed by atoms with Gasteiger partial charge in [0.25, 0.3) is 0 Å². The van der Waals surface area contributed by atoms with E-state index >= 15 is 0 Å². The Hall–Kier alpha value is -1.66. The first kappa shape index (κ1) is 16.2. The number of nitrogens with zero attached hydrogens (tertiary/aromatic N) is 2. The number of rotatable bonds is 5. The zero-order valence-corrected chi connectivity index (χ0v) is 14.3. The molecule has 2 amide bonds. The molecule has 3 rings (SSSR count). The van der Waals surface area contributed by atoms with E-state index in [1.54, 1.807) is 17.4 Å². The van der Waals surface area contributed by atoms with Gasteiger partial charge < -0.3 is 10.2 Å². The Labute approximate surface area is 141 Å². The lowest BCUT2D eigenvalue weighted by Gasteiger charge is -2.33. The average Bonchev–Trinajstić information content (AvgIpc) is 3.25. The van der Waals surface area contributed by atoms with Gasteiger partial charge in [0.2, 0.25) is 11.8 Å². The van der Waals surface area contributed by atoms with Crippen LogP contribution in [0.3, 0.4) is 0 Å². The van der Waals surface area contributed by atoms with Crippen molar-refractivity contribution >= 4 is 29.2 Å². The maximum Gasteiger partial charge on any atom is 0.246 e. The number of aryl methyl sites for hydroxylation is 1. The van der Waals surface area contributed by atoms with Crippen LogP contribution in [0, 0.1) is 6.92 Å². The molecule has 1 saturated carbocycles. The topological polar surface area (TPSA) is 52.7 Å². The summed E-state index contributed by atoms with van der Waals surface area (Å²) in [5.74, 6) is 0.167. The van der Waals surface area contributed by atoms with Gasteiger partial charge in [0, 0.05) is 43.2 Å². The maximum absolute atomic E-state index is 12.2. The minimum Gasteiger partial charge on any atom is -0.352 e. The van der Waals surface area contributed by atoms with Crippen LogP contribution in [0.5, 0.6) is 0 Å². The lowest BCUT2D eigenvalue weighted by atomic mass is 10.2. The van der Waals surface area contributed by atoms with Gasteiger partial charge in [0.1, 0.15) is 0 Å². The van der Waals surface area contributed by atoms with Crippen molar-refractivity contribution in [1.29, 1.82) is 0 Å². The molecule has 2 aliphatic rings. The van der Waals surface area contributed by atoms with Crippen molar-refractivity contribution in [1.82, 2.24) is 15.1 Å². The fourth-order valence-corrected chi connectivity index (χ4v) is 3.46. The predicted molar refractivity (Wildman–Crippen MR) is 92.3 cm³/mol. The molecule has 0 unspecified atom stereocenters. The third-order valence-electron chi connectivity index (χ3n) is 4.27. The molecule has 0 bridgehead atoms. The molecule has 6 heteroatoms. The summed E-state index contributed by atoms with van der Waals surface area (Å²) < 4.78 is 0. The Bertz CT molecular complexity index is 599. The fraction of sp³-hybridized carbons (Fsp3) is 0.529. The van der Waals surface area contributed by atoms with Gasteiger partial charge in [-0.3, -0.25) is 14.5 Å². The SMILES string of the molecule is Cc1ccsc1/C=C/C(=O)N1CCN(CC(=O)NC2CC2)CC1. The highest BCUT2D eigenvalue weighted by Gasteiger charge is 2.25. The first-order chi connectivity index (χ1) is 11.1. The molecule has 1 N–H and O–H groups in total. The Balaban J connectivity index is 1.42. The summed E-state index contributed by atoms with van der Waals surface area (Å²) in [5, 5.41) is 5.04. The van der Waals surface area contributed by atoms with Crippen LogP contribution in [0.1, 0.15) is 23.3 Å². The summed E-state index contributed by atoms with van der Waals surface area (Å²) in [7, 11) is 0. The second kappa shape index (κ2) is 7.27. The lowest BCUT2D eigenvalue weighted by molar-refractivity contribution is -0.128. The molecule has 1 aromatic rings. The normalized spacial score (nSPS) is 19.3. The Kier molecular flexibility index (Phi) is 5.13. The first-order valence-electron chi connectivity index (χ1n) is 8.14. The van der Waals surface area contributed by atoms with Gasteiger partial charge in [-0.1, -0.05) is 0 Å². The van der Waals surface area contributed by atoms with E-state index in [0.29, 0.717) is 25.7 Å². The standard InChI is InChI=1S/C17H23N3O2S/c1-13-6-11-23-15(13)4-5-17(22)20-9-7-19(8-10-20)12-16(21)18-14-2-3-14/h4-6,11,14H,2-3,7-10,12H2,1H3,(H,18,21)/b5-4+. The van der Waals surface area contributed by atoms with E-state index < -0.39 is 0 Å². The average molecular weight is 333 g/mol. The quantitative estimate of drug-likeness (QED) is 0.831. The van der Waals surface area contributed by atoms with Crippen molar-refractivity contribution in [2.24, 2.45) is 0 Å². The molecule has 2 heterocycles. The van der Waals surface area contributed by atoms with E-state index in [1.807, 2.05) is 23.3 Å². The fourth-order valence-electron chi connectivity index (χ4n) is 2.64. The molecule has 1 saturated heterocycles. The van der Waals surface area contributed by atoms with Crippen molar-refractivity contribution in [2.45, 2.75) is 25.8 Å². The number of piperazine rings is 1. The summed E-state index contributed by atoms with van der Waals surface area (Å²) >= 11 is 1.65. The molecule has 124 valence electrons. The predicted octanol–water partition coefficient (Wildman–Crippen LogP) is 1.49. The van der Waals surface area contributed by atoms with E-state index in [0.717, 1.165) is 30.8 Å². The highest BCUT2D eigenvalue weighted by molar-refractivity contribution is 7.11. The Morgan fingerprint density at radius 1 is 1.30 bits per heavy atom. The van der Waals surface area contributed by atoms with E-state index in [1.165, 1.54) is 5.56 Å². The molecule has 1 aliphatic heterocycles. The molecular weight excluding hydrogens is 310 g/mol. The summed E-state index contributed by atoms with van der Waals surface area (Å²) in [4.78, 5) is 29.1. The third kappa shape index (κ3) is 4.65.